The predicted octanol–water partition coefficient (Wildman–Crippen LogP) is 3.08. The molecule has 0 aliphatic heterocycles. The van der Waals surface area contributed by atoms with E-state index in [-0.39, 0.29) is 33.5 Å². The summed E-state index contributed by atoms with van der Waals surface area (Å²) >= 11 is 3.28. The first-order valence-corrected chi connectivity index (χ1v) is 8.50. The van der Waals surface area contributed by atoms with Crippen LogP contribution in [-0.4, -0.2) is 10.2 Å². The van der Waals surface area contributed by atoms with Crippen LogP contribution in [0.2, 0.25) is 0 Å². The molecule has 1 atom stereocenters. The van der Waals surface area contributed by atoms with Crippen molar-refractivity contribution >= 4 is 43.4 Å². The van der Waals surface area contributed by atoms with Crippen LogP contribution in [0.25, 0.3) is 27.5 Å². The quantitative estimate of drug-likeness (QED) is 0.550. The number of benzene rings is 1. The van der Waals surface area contributed by atoms with Crippen LogP contribution in [0.15, 0.2) is 70.7 Å². The van der Waals surface area contributed by atoms with Crippen molar-refractivity contribution in [1.82, 2.24) is 0 Å². The van der Waals surface area contributed by atoms with Gasteiger partial charge >= 0.3 is 11.3 Å². The number of hydrogen-bond acceptors (Lipinski definition) is 6. The van der Waals surface area contributed by atoms with Crippen molar-refractivity contribution in [3.8, 4) is 0 Å². The molecule has 0 saturated heterocycles. The summed E-state index contributed by atoms with van der Waals surface area (Å²) in [6.45, 7) is 0. The average molecular weight is 413 g/mol. The molecule has 26 heavy (non-hydrogen) atoms. The van der Waals surface area contributed by atoms with E-state index in [2.05, 4.69) is 15.9 Å². The smallest absolute Gasteiger partial charge is 0.348 e. The molecule has 2 aromatic heterocycles. The van der Waals surface area contributed by atoms with E-state index in [0.29, 0.717) is 20.8 Å². The second-order valence-electron chi connectivity index (χ2n) is 6.12. The molecule has 2 aliphatic rings. The first-order chi connectivity index (χ1) is 12.5. The average Bonchev–Trinajstić information content (AvgIpc) is 2.77. The molecule has 1 aromatic carbocycles. The lowest BCUT2D eigenvalue weighted by atomic mass is 9.85. The van der Waals surface area contributed by atoms with E-state index in [1.54, 1.807) is 24.3 Å². The SMILES string of the molecule is O=c1oc2cc(Br)cc3c(=O)oc4c(c1=C(O)C1=CC=CC(O)=CC14)c23. The lowest BCUT2D eigenvalue weighted by Crippen LogP contribution is -2.33. The van der Waals surface area contributed by atoms with Crippen molar-refractivity contribution in [2.24, 2.45) is 0 Å². The van der Waals surface area contributed by atoms with Crippen LogP contribution >= 0.6 is 15.9 Å². The van der Waals surface area contributed by atoms with E-state index < -0.39 is 17.2 Å². The Bertz CT molecular complexity index is 1400. The maximum atomic E-state index is 12.6. The number of fused-ring (bicyclic) bond motifs is 2. The third kappa shape index (κ3) is 1.86. The Morgan fingerprint density at radius 1 is 1.04 bits per heavy atom. The van der Waals surface area contributed by atoms with Crippen LogP contribution in [0, 0.1) is 0 Å². The molecule has 2 heterocycles. The molecule has 6 nitrogen and oxygen atoms in total. The Balaban J connectivity index is 2.14. The van der Waals surface area contributed by atoms with Crippen LogP contribution < -0.4 is 16.5 Å². The summed E-state index contributed by atoms with van der Waals surface area (Å²) in [7, 11) is 0. The highest BCUT2D eigenvalue weighted by molar-refractivity contribution is 9.10. The first-order valence-electron chi connectivity index (χ1n) is 7.71. The summed E-state index contributed by atoms with van der Waals surface area (Å²) in [5, 5.41) is 21.6. The Kier molecular flexibility index (Phi) is 2.92. The molecule has 7 heteroatoms. The number of aliphatic hydroxyl groups is 2. The van der Waals surface area contributed by atoms with Gasteiger partial charge in [0.15, 0.2) is 0 Å². The minimum absolute atomic E-state index is 0.0399. The highest BCUT2D eigenvalue weighted by Crippen LogP contribution is 2.40. The molecule has 1 unspecified atom stereocenters. The van der Waals surface area contributed by atoms with Crippen molar-refractivity contribution in [3.05, 3.63) is 84.1 Å². The minimum atomic E-state index is -0.731. The highest BCUT2D eigenvalue weighted by Gasteiger charge is 2.33. The molecule has 0 spiro atoms. The van der Waals surface area contributed by atoms with Crippen molar-refractivity contribution in [2.75, 3.05) is 0 Å². The predicted molar refractivity (Wildman–Crippen MR) is 98.2 cm³/mol. The van der Waals surface area contributed by atoms with E-state index in [9.17, 15) is 19.8 Å². The molecule has 2 aliphatic carbocycles. The molecule has 0 bridgehead atoms. The maximum Gasteiger partial charge on any atom is 0.348 e. The topological polar surface area (TPSA) is 101 Å². The number of aliphatic hydroxyl groups excluding tert-OH is 2. The van der Waals surface area contributed by atoms with Crippen molar-refractivity contribution < 1.29 is 19.0 Å². The second kappa shape index (κ2) is 4.98. The third-order valence-corrected chi connectivity index (χ3v) is 5.11. The van der Waals surface area contributed by atoms with Crippen LogP contribution in [0.1, 0.15) is 11.7 Å². The first kappa shape index (κ1) is 15.2. The summed E-state index contributed by atoms with van der Waals surface area (Å²) in [5.41, 5.74) is -0.769. The van der Waals surface area contributed by atoms with Crippen LogP contribution in [0.5, 0.6) is 0 Å². The van der Waals surface area contributed by atoms with E-state index in [1.807, 2.05) is 0 Å². The Morgan fingerprint density at radius 2 is 1.85 bits per heavy atom. The monoisotopic (exact) mass is 412 g/mol. The van der Waals surface area contributed by atoms with Gasteiger partial charge in [0.25, 0.3) is 0 Å². The summed E-state index contributed by atoms with van der Waals surface area (Å²) in [5.74, 6) is -0.811. The van der Waals surface area contributed by atoms with Gasteiger partial charge in [-0.25, -0.2) is 9.59 Å². The molecular formula is C19H9BrO6. The molecule has 2 N–H and O–H groups in total. The molecular weight excluding hydrogens is 404 g/mol. The van der Waals surface area contributed by atoms with Crippen LogP contribution in [0.4, 0.5) is 0 Å². The molecule has 0 fully saturated rings. The molecule has 5 rings (SSSR count). The zero-order chi connectivity index (χ0) is 18.2. The number of rotatable bonds is 0. The highest BCUT2D eigenvalue weighted by atomic mass is 79.9. The van der Waals surface area contributed by atoms with Gasteiger partial charge in [-0.05, 0) is 24.3 Å². The standard InChI is InChI=1S/C19H9BrO6/c20-7-4-11-13-12(5-7)25-19(24)15-14(13)17(26-18(11)23)10-6-8(21)2-1-3-9(10)16(15)22/h1-6,10,21-22H. The number of halogens is 1. The van der Waals surface area contributed by atoms with E-state index in [4.69, 9.17) is 8.83 Å². The molecule has 0 radical (unpaired) electrons. The maximum absolute atomic E-state index is 12.6. The van der Waals surface area contributed by atoms with Crippen LogP contribution in [-0.2, 0) is 0 Å². The fourth-order valence-electron chi connectivity index (χ4n) is 3.60. The van der Waals surface area contributed by atoms with Gasteiger partial charge in [0.2, 0.25) is 0 Å². The number of allylic oxidation sites excluding steroid dienone is 4. The molecule has 0 amide bonds. The zero-order valence-electron chi connectivity index (χ0n) is 12.9. The van der Waals surface area contributed by atoms with E-state index in [1.165, 1.54) is 12.2 Å². The van der Waals surface area contributed by atoms with Crippen LogP contribution in [0.3, 0.4) is 0 Å². The summed E-state index contributed by atoms with van der Waals surface area (Å²) in [6, 6.07) is 3.16. The van der Waals surface area contributed by atoms with Gasteiger partial charge in [-0.2, -0.15) is 0 Å². The Hall–Kier alpha value is -3.06. The molecule has 128 valence electrons. The van der Waals surface area contributed by atoms with E-state index in [0.717, 1.165) is 0 Å². The third-order valence-electron chi connectivity index (χ3n) is 4.65. The van der Waals surface area contributed by atoms with Crippen molar-refractivity contribution in [2.45, 2.75) is 5.92 Å². The summed E-state index contributed by atoms with van der Waals surface area (Å²) in [6.07, 6.45) is 6.00. The van der Waals surface area contributed by atoms with Gasteiger partial charge in [0.1, 0.15) is 28.1 Å². The number of hydrogen-bond donors (Lipinski definition) is 2. The van der Waals surface area contributed by atoms with Gasteiger partial charge in [-0.3, -0.25) is 0 Å². The Labute approximate surface area is 152 Å². The van der Waals surface area contributed by atoms with Gasteiger partial charge < -0.3 is 19.0 Å². The van der Waals surface area contributed by atoms with E-state index >= 15 is 0 Å². The normalized spacial score (nSPS) is 18.7. The zero-order valence-corrected chi connectivity index (χ0v) is 14.5. The lowest BCUT2D eigenvalue weighted by molar-refractivity contribution is 0.419. The summed E-state index contributed by atoms with van der Waals surface area (Å²) < 4.78 is 11.5. The van der Waals surface area contributed by atoms with Gasteiger partial charge in [0.05, 0.1) is 11.3 Å². The fraction of sp³-hybridized carbons (Fsp3) is 0.0526. The van der Waals surface area contributed by atoms with Gasteiger partial charge in [-0.15, -0.1) is 0 Å². The van der Waals surface area contributed by atoms with Gasteiger partial charge in [0, 0.05) is 20.8 Å². The fourth-order valence-corrected chi connectivity index (χ4v) is 4.04. The lowest BCUT2D eigenvalue weighted by Gasteiger charge is -2.22. The minimum Gasteiger partial charge on any atom is -0.508 e. The van der Waals surface area contributed by atoms with Crippen molar-refractivity contribution in [1.29, 1.82) is 0 Å². The largest absolute Gasteiger partial charge is 0.508 e. The Morgan fingerprint density at radius 3 is 2.65 bits per heavy atom. The second-order valence-corrected chi connectivity index (χ2v) is 7.03. The molecule has 3 aromatic rings. The molecule has 0 saturated carbocycles. The van der Waals surface area contributed by atoms with Gasteiger partial charge in [-0.1, -0.05) is 28.1 Å². The summed E-state index contributed by atoms with van der Waals surface area (Å²) in [4.78, 5) is 25.1. The van der Waals surface area contributed by atoms with Crippen molar-refractivity contribution in [3.63, 3.8) is 0 Å².